The Morgan fingerprint density at radius 3 is 2.53 bits per heavy atom. The SMILES string of the molecule is C1CCC(CCNC2CCOC2C2CC2)CC1. The van der Waals surface area contributed by atoms with Crippen molar-refractivity contribution in [2.45, 2.75) is 69.9 Å². The van der Waals surface area contributed by atoms with Gasteiger partial charge < -0.3 is 10.1 Å². The van der Waals surface area contributed by atoms with Crippen molar-refractivity contribution >= 4 is 0 Å². The molecule has 2 unspecified atom stereocenters. The molecule has 2 nitrogen and oxygen atoms in total. The normalized spacial score (nSPS) is 35.3. The van der Waals surface area contributed by atoms with Crippen molar-refractivity contribution in [3.63, 3.8) is 0 Å². The van der Waals surface area contributed by atoms with E-state index < -0.39 is 0 Å². The van der Waals surface area contributed by atoms with E-state index in [0.29, 0.717) is 12.1 Å². The molecular weight excluding hydrogens is 210 g/mol. The van der Waals surface area contributed by atoms with Gasteiger partial charge in [0.15, 0.2) is 0 Å². The van der Waals surface area contributed by atoms with E-state index in [-0.39, 0.29) is 0 Å². The molecule has 0 aromatic rings. The highest BCUT2D eigenvalue weighted by molar-refractivity contribution is 4.93. The van der Waals surface area contributed by atoms with Gasteiger partial charge in [0.2, 0.25) is 0 Å². The summed E-state index contributed by atoms with van der Waals surface area (Å²) in [6, 6.07) is 0.672. The molecule has 0 amide bonds. The van der Waals surface area contributed by atoms with Crippen molar-refractivity contribution in [1.29, 1.82) is 0 Å². The van der Waals surface area contributed by atoms with Gasteiger partial charge in [0.05, 0.1) is 6.10 Å². The third-order valence-electron chi connectivity index (χ3n) is 4.91. The molecule has 1 aliphatic heterocycles. The Morgan fingerprint density at radius 2 is 1.76 bits per heavy atom. The average molecular weight is 237 g/mol. The maximum atomic E-state index is 5.87. The Kier molecular flexibility index (Phi) is 4.02. The zero-order chi connectivity index (χ0) is 11.5. The van der Waals surface area contributed by atoms with E-state index >= 15 is 0 Å². The first kappa shape index (κ1) is 12.0. The standard InChI is InChI=1S/C15H27NO/c1-2-4-12(5-3-1)8-10-16-14-9-11-17-15(14)13-6-7-13/h12-16H,1-11H2. The predicted molar refractivity (Wildman–Crippen MR) is 70.1 cm³/mol. The molecule has 17 heavy (non-hydrogen) atoms. The fraction of sp³-hybridized carbons (Fsp3) is 1.00. The maximum Gasteiger partial charge on any atom is 0.0756 e. The van der Waals surface area contributed by atoms with E-state index in [9.17, 15) is 0 Å². The lowest BCUT2D eigenvalue weighted by molar-refractivity contribution is 0.0808. The second kappa shape index (κ2) is 5.71. The summed E-state index contributed by atoms with van der Waals surface area (Å²) in [5.74, 6) is 1.91. The van der Waals surface area contributed by atoms with Crippen molar-refractivity contribution in [3.8, 4) is 0 Å². The Morgan fingerprint density at radius 1 is 0.941 bits per heavy atom. The highest BCUT2D eigenvalue weighted by Gasteiger charge is 2.40. The van der Waals surface area contributed by atoms with Crippen LogP contribution in [0.15, 0.2) is 0 Å². The van der Waals surface area contributed by atoms with Crippen molar-refractivity contribution in [1.82, 2.24) is 5.32 Å². The van der Waals surface area contributed by atoms with Crippen LogP contribution in [0.5, 0.6) is 0 Å². The quantitative estimate of drug-likeness (QED) is 0.793. The van der Waals surface area contributed by atoms with Crippen LogP contribution in [0.4, 0.5) is 0 Å². The van der Waals surface area contributed by atoms with Gasteiger partial charge in [0.25, 0.3) is 0 Å². The van der Waals surface area contributed by atoms with E-state index in [1.54, 1.807) is 0 Å². The molecule has 0 aromatic heterocycles. The minimum Gasteiger partial charge on any atom is -0.376 e. The molecule has 2 heteroatoms. The number of ether oxygens (including phenoxy) is 1. The topological polar surface area (TPSA) is 21.3 Å². The Hall–Kier alpha value is -0.0800. The van der Waals surface area contributed by atoms with Crippen molar-refractivity contribution in [2.24, 2.45) is 11.8 Å². The minimum absolute atomic E-state index is 0.557. The van der Waals surface area contributed by atoms with Gasteiger partial charge in [-0.15, -0.1) is 0 Å². The van der Waals surface area contributed by atoms with Gasteiger partial charge in [-0.1, -0.05) is 32.1 Å². The van der Waals surface area contributed by atoms with Crippen LogP contribution < -0.4 is 5.32 Å². The molecule has 3 rings (SSSR count). The smallest absolute Gasteiger partial charge is 0.0756 e. The zero-order valence-corrected chi connectivity index (χ0v) is 11.0. The second-order valence-corrected chi connectivity index (χ2v) is 6.31. The summed E-state index contributed by atoms with van der Waals surface area (Å²) >= 11 is 0. The van der Waals surface area contributed by atoms with Gasteiger partial charge in [0, 0.05) is 12.6 Å². The largest absolute Gasteiger partial charge is 0.376 e. The lowest BCUT2D eigenvalue weighted by Crippen LogP contribution is -2.38. The Bertz CT molecular complexity index is 233. The molecule has 0 spiro atoms. The number of nitrogens with one attached hydrogen (secondary N) is 1. The molecule has 1 N–H and O–H groups in total. The summed E-state index contributed by atoms with van der Waals surface area (Å²) in [5, 5.41) is 3.78. The molecule has 2 saturated carbocycles. The molecule has 3 aliphatic rings. The van der Waals surface area contributed by atoms with Crippen molar-refractivity contribution < 1.29 is 4.74 Å². The van der Waals surface area contributed by atoms with Crippen LogP contribution in [0.25, 0.3) is 0 Å². The van der Waals surface area contributed by atoms with Gasteiger partial charge >= 0.3 is 0 Å². The highest BCUT2D eigenvalue weighted by atomic mass is 16.5. The molecule has 0 radical (unpaired) electrons. The monoisotopic (exact) mass is 237 g/mol. The molecule has 0 bridgehead atoms. The van der Waals surface area contributed by atoms with Gasteiger partial charge in [-0.05, 0) is 44.1 Å². The Balaban J connectivity index is 1.35. The van der Waals surface area contributed by atoms with Gasteiger partial charge in [-0.2, -0.15) is 0 Å². The first-order valence-corrected chi connectivity index (χ1v) is 7.78. The van der Waals surface area contributed by atoms with Crippen LogP contribution in [-0.4, -0.2) is 25.3 Å². The van der Waals surface area contributed by atoms with E-state index in [1.807, 2.05) is 0 Å². The molecule has 2 atom stereocenters. The van der Waals surface area contributed by atoms with Crippen LogP contribution in [0.3, 0.4) is 0 Å². The molecule has 98 valence electrons. The third-order valence-corrected chi connectivity index (χ3v) is 4.91. The summed E-state index contributed by atoms with van der Waals surface area (Å²) in [6.45, 7) is 2.21. The summed E-state index contributed by atoms with van der Waals surface area (Å²) in [5.41, 5.74) is 0. The molecule has 3 fully saturated rings. The lowest BCUT2D eigenvalue weighted by Gasteiger charge is -2.24. The zero-order valence-electron chi connectivity index (χ0n) is 11.0. The summed E-state index contributed by atoms with van der Waals surface area (Å²) in [4.78, 5) is 0. The summed E-state index contributed by atoms with van der Waals surface area (Å²) in [6.07, 6.45) is 13.4. The van der Waals surface area contributed by atoms with Gasteiger partial charge in [-0.25, -0.2) is 0 Å². The van der Waals surface area contributed by atoms with Crippen LogP contribution in [0.1, 0.15) is 57.8 Å². The first-order chi connectivity index (χ1) is 8.43. The molecule has 1 saturated heterocycles. The fourth-order valence-corrected chi connectivity index (χ4v) is 3.67. The number of hydrogen-bond acceptors (Lipinski definition) is 2. The average Bonchev–Trinajstić information content (AvgIpc) is 3.11. The summed E-state index contributed by atoms with van der Waals surface area (Å²) < 4.78 is 5.87. The maximum absolute atomic E-state index is 5.87. The van der Waals surface area contributed by atoms with Gasteiger partial charge in [0.1, 0.15) is 0 Å². The number of hydrogen-bond donors (Lipinski definition) is 1. The second-order valence-electron chi connectivity index (χ2n) is 6.31. The van der Waals surface area contributed by atoms with Crippen LogP contribution in [0.2, 0.25) is 0 Å². The van der Waals surface area contributed by atoms with Crippen LogP contribution in [-0.2, 0) is 4.74 Å². The highest BCUT2D eigenvalue weighted by Crippen LogP contribution is 2.38. The van der Waals surface area contributed by atoms with Crippen molar-refractivity contribution in [2.75, 3.05) is 13.2 Å². The predicted octanol–water partition coefficient (Wildman–Crippen LogP) is 3.11. The first-order valence-electron chi connectivity index (χ1n) is 7.78. The third kappa shape index (κ3) is 3.23. The fourth-order valence-electron chi connectivity index (χ4n) is 3.67. The molecule has 1 heterocycles. The molecular formula is C15H27NO. The molecule has 2 aliphatic carbocycles. The van der Waals surface area contributed by atoms with E-state index in [2.05, 4.69) is 5.32 Å². The van der Waals surface area contributed by atoms with Crippen LogP contribution in [0, 0.1) is 11.8 Å². The summed E-state index contributed by atoms with van der Waals surface area (Å²) in [7, 11) is 0. The van der Waals surface area contributed by atoms with Gasteiger partial charge in [-0.3, -0.25) is 0 Å². The lowest BCUT2D eigenvalue weighted by atomic mass is 9.87. The van der Waals surface area contributed by atoms with Crippen LogP contribution >= 0.6 is 0 Å². The minimum atomic E-state index is 0.557. The Labute approximate surface area is 105 Å². The van der Waals surface area contributed by atoms with Crippen molar-refractivity contribution in [3.05, 3.63) is 0 Å². The van der Waals surface area contributed by atoms with E-state index in [0.717, 1.165) is 18.4 Å². The molecule has 0 aromatic carbocycles. The van der Waals surface area contributed by atoms with E-state index in [1.165, 1.54) is 64.3 Å². The van der Waals surface area contributed by atoms with E-state index in [4.69, 9.17) is 4.74 Å². The number of rotatable bonds is 5.